The molecule has 1 aromatic carbocycles. The van der Waals surface area contributed by atoms with Crippen LogP contribution in [0.4, 0.5) is 4.39 Å². The molecule has 2 unspecified atom stereocenters. The number of hydrogen-bond acceptors (Lipinski definition) is 1. The van der Waals surface area contributed by atoms with E-state index in [1.165, 1.54) is 6.07 Å². The molecule has 0 saturated carbocycles. The summed E-state index contributed by atoms with van der Waals surface area (Å²) >= 11 is 6.33. The maximum absolute atomic E-state index is 13.1. The second-order valence-corrected chi connectivity index (χ2v) is 4.50. The van der Waals surface area contributed by atoms with Crippen molar-refractivity contribution in [3.8, 4) is 0 Å². The summed E-state index contributed by atoms with van der Waals surface area (Å²) in [7, 11) is 0. The minimum absolute atomic E-state index is 0.0631. The number of rotatable bonds is 2. The number of benzene rings is 1. The van der Waals surface area contributed by atoms with Gasteiger partial charge < -0.3 is 4.74 Å². The molecule has 1 aliphatic heterocycles. The highest BCUT2D eigenvalue weighted by Gasteiger charge is 2.25. The van der Waals surface area contributed by atoms with Gasteiger partial charge in [0.25, 0.3) is 0 Å². The average Bonchev–Trinajstić information content (AvgIpc) is 2.74. The van der Waals surface area contributed by atoms with Crippen molar-refractivity contribution in [1.29, 1.82) is 0 Å². The first-order valence-electron chi connectivity index (χ1n) is 5.16. The maximum atomic E-state index is 13.1. The summed E-state index contributed by atoms with van der Waals surface area (Å²) in [5.74, 6) is 0.182. The van der Waals surface area contributed by atoms with E-state index in [0.29, 0.717) is 18.1 Å². The Morgan fingerprint density at radius 3 is 2.93 bits per heavy atom. The molecule has 0 radical (unpaired) electrons. The number of ether oxygens (including phenoxy) is 1. The summed E-state index contributed by atoms with van der Waals surface area (Å²) in [4.78, 5) is 0. The Hall–Kier alpha value is -0.600. The van der Waals surface area contributed by atoms with E-state index in [1.807, 2.05) is 6.07 Å². The van der Waals surface area contributed by atoms with Crippen LogP contribution >= 0.6 is 11.6 Å². The normalized spacial score (nSPS) is 23.0. The van der Waals surface area contributed by atoms with Crippen molar-refractivity contribution in [1.82, 2.24) is 0 Å². The predicted molar refractivity (Wildman–Crippen MR) is 58.7 cm³/mol. The van der Waals surface area contributed by atoms with E-state index < -0.39 is 0 Å². The Morgan fingerprint density at radius 2 is 2.33 bits per heavy atom. The molecule has 82 valence electrons. The van der Waals surface area contributed by atoms with Gasteiger partial charge in [-0.2, -0.15) is 0 Å². The molecule has 1 saturated heterocycles. The molecule has 2 rings (SSSR count). The number of alkyl halides is 1. The Morgan fingerprint density at radius 1 is 1.53 bits per heavy atom. The zero-order valence-corrected chi connectivity index (χ0v) is 9.43. The van der Waals surface area contributed by atoms with Crippen LogP contribution in [0.1, 0.15) is 22.9 Å². The molecule has 15 heavy (non-hydrogen) atoms. The Bertz CT molecular complexity index is 347. The maximum Gasteiger partial charge on any atom is 0.126 e. The van der Waals surface area contributed by atoms with Crippen molar-refractivity contribution < 1.29 is 9.13 Å². The Kier molecular flexibility index (Phi) is 3.27. The first-order valence-corrected chi connectivity index (χ1v) is 5.60. The molecule has 1 heterocycles. The third-order valence-electron chi connectivity index (χ3n) is 2.88. The standard InChI is InChI=1S/C12H14ClFO/c1-8-6-9(2-3-11(8)14)12(13)10-4-5-15-7-10/h2-3,6,10,12H,4-5,7H2,1H3. The second kappa shape index (κ2) is 4.50. The van der Waals surface area contributed by atoms with Crippen molar-refractivity contribution in [2.75, 3.05) is 13.2 Å². The SMILES string of the molecule is Cc1cc(C(Cl)C2CCOC2)ccc1F. The molecule has 0 spiro atoms. The van der Waals surface area contributed by atoms with Gasteiger partial charge in [0, 0.05) is 12.5 Å². The highest BCUT2D eigenvalue weighted by molar-refractivity contribution is 6.21. The molecule has 0 aliphatic carbocycles. The Labute approximate surface area is 94.2 Å². The summed E-state index contributed by atoms with van der Waals surface area (Å²) in [6.07, 6.45) is 0.991. The molecule has 1 aliphatic rings. The summed E-state index contributed by atoms with van der Waals surface area (Å²) in [5, 5.41) is -0.0631. The molecule has 3 heteroatoms. The van der Waals surface area contributed by atoms with Gasteiger partial charge in [-0.1, -0.05) is 12.1 Å². The van der Waals surface area contributed by atoms with E-state index in [4.69, 9.17) is 16.3 Å². The number of halogens is 2. The van der Waals surface area contributed by atoms with Crippen LogP contribution in [0.5, 0.6) is 0 Å². The van der Waals surface area contributed by atoms with Crippen molar-refractivity contribution in [2.24, 2.45) is 5.92 Å². The van der Waals surface area contributed by atoms with Crippen LogP contribution in [0.15, 0.2) is 18.2 Å². The van der Waals surface area contributed by atoms with Crippen LogP contribution in [0.3, 0.4) is 0 Å². The molecule has 1 aromatic rings. The van der Waals surface area contributed by atoms with E-state index in [-0.39, 0.29) is 11.2 Å². The molecule has 0 bridgehead atoms. The lowest BCUT2D eigenvalue weighted by Crippen LogP contribution is -2.08. The zero-order chi connectivity index (χ0) is 10.8. The van der Waals surface area contributed by atoms with Gasteiger partial charge in [0.15, 0.2) is 0 Å². The van der Waals surface area contributed by atoms with E-state index in [1.54, 1.807) is 13.0 Å². The molecule has 0 amide bonds. The van der Waals surface area contributed by atoms with Crippen molar-refractivity contribution >= 4 is 11.6 Å². The van der Waals surface area contributed by atoms with Crippen LogP contribution in [0.2, 0.25) is 0 Å². The molecular weight excluding hydrogens is 215 g/mol. The largest absolute Gasteiger partial charge is 0.381 e. The number of hydrogen-bond donors (Lipinski definition) is 0. The summed E-state index contributed by atoms with van der Waals surface area (Å²) < 4.78 is 18.4. The average molecular weight is 229 g/mol. The van der Waals surface area contributed by atoms with Crippen LogP contribution in [0.25, 0.3) is 0 Å². The van der Waals surface area contributed by atoms with E-state index in [0.717, 1.165) is 18.6 Å². The minimum Gasteiger partial charge on any atom is -0.381 e. The topological polar surface area (TPSA) is 9.23 Å². The number of aryl methyl sites for hydroxylation is 1. The fourth-order valence-corrected chi connectivity index (χ4v) is 2.23. The van der Waals surface area contributed by atoms with Crippen LogP contribution in [0, 0.1) is 18.7 Å². The van der Waals surface area contributed by atoms with Crippen LogP contribution < -0.4 is 0 Å². The fourth-order valence-electron chi connectivity index (χ4n) is 1.90. The second-order valence-electron chi connectivity index (χ2n) is 4.03. The van der Waals surface area contributed by atoms with E-state index in [2.05, 4.69) is 0 Å². The van der Waals surface area contributed by atoms with Crippen molar-refractivity contribution in [3.05, 3.63) is 35.1 Å². The minimum atomic E-state index is -0.176. The summed E-state index contributed by atoms with van der Waals surface area (Å²) in [6.45, 7) is 3.26. The third kappa shape index (κ3) is 2.32. The van der Waals surface area contributed by atoms with Crippen molar-refractivity contribution in [2.45, 2.75) is 18.7 Å². The highest BCUT2D eigenvalue weighted by atomic mass is 35.5. The lowest BCUT2D eigenvalue weighted by Gasteiger charge is -2.16. The van der Waals surface area contributed by atoms with E-state index >= 15 is 0 Å². The lowest BCUT2D eigenvalue weighted by molar-refractivity contribution is 0.185. The van der Waals surface area contributed by atoms with Gasteiger partial charge in [-0.3, -0.25) is 0 Å². The molecule has 1 nitrogen and oxygen atoms in total. The van der Waals surface area contributed by atoms with Gasteiger partial charge in [-0.25, -0.2) is 4.39 Å². The fraction of sp³-hybridized carbons (Fsp3) is 0.500. The molecule has 1 fully saturated rings. The van der Waals surface area contributed by atoms with Gasteiger partial charge >= 0.3 is 0 Å². The van der Waals surface area contributed by atoms with E-state index in [9.17, 15) is 4.39 Å². The van der Waals surface area contributed by atoms with Gasteiger partial charge in [0.1, 0.15) is 5.82 Å². The summed E-state index contributed by atoms with van der Waals surface area (Å²) in [5.41, 5.74) is 1.64. The first-order chi connectivity index (χ1) is 7.18. The molecule has 2 atom stereocenters. The molecular formula is C12H14ClFO. The lowest BCUT2D eigenvalue weighted by atomic mass is 9.97. The quantitative estimate of drug-likeness (QED) is 0.705. The Balaban J connectivity index is 2.17. The molecule has 0 N–H and O–H groups in total. The van der Waals surface area contributed by atoms with Crippen LogP contribution in [-0.4, -0.2) is 13.2 Å². The smallest absolute Gasteiger partial charge is 0.126 e. The van der Waals surface area contributed by atoms with Gasteiger partial charge in [-0.05, 0) is 30.5 Å². The first kappa shape index (κ1) is 10.9. The van der Waals surface area contributed by atoms with Crippen LogP contribution in [-0.2, 0) is 4.74 Å². The van der Waals surface area contributed by atoms with Crippen molar-refractivity contribution in [3.63, 3.8) is 0 Å². The molecule has 0 aromatic heterocycles. The van der Waals surface area contributed by atoms with Gasteiger partial charge in [0.2, 0.25) is 0 Å². The van der Waals surface area contributed by atoms with Gasteiger partial charge in [-0.15, -0.1) is 11.6 Å². The van der Waals surface area contributed by atoms with Gasteiger partial charge in [0.05, 0.1) is 12.0 Å². The third-order valence-corrected chi connectivity index (χ3v) is 3.49. The monoisotopic (exact) mass is 228 g/mol. The zero-order valence-electron chi connectivity index (χ0n) is 8.67. The highest BCUT2D eigenvalue weighted by Crippen LogP contribution is 2.34. The predicted octanol–water partition coefficient (Wildman–Crippen LogP) is 3.45. The summed E-state index contributed by atoms with van der Waals surface area (Å²) in [6, 6.07) is 5.07.